The number of benzene rings is 1. The number of esters is 1. The molecule has 0 aliphatic carbocycles. The van der Waals surface area contributed by atoms with Crippen molar-refractivity contribution in [2.24, 2.45) is 17.8 Å². The maximum atomic E-state index is 14.4. The molecule has 7 atom stereocenters. The monoisotopic (exact) mass is 510 g/mol. The molecule has 1 unspecified atom stereocenters. The van der Waals surface area contributed by atoms with Crippen molar-refractivity contribution in [3.8, 4) is 5.75 Å². The number of aliphatic hydroxyl groups is 1. The van der Waals surface area contributed by atoms with Gasteiger partial charge in [0.1, 0.15) is 29.9 Å². The topological polar surface area (TPSA) is 106 Å². The van der Waals surface area contributed by atoms with Crippen LogP contribution in [0, 0.1) is 17.8 Å². The average Bonchev–Trinajstić information content (AvgIpc) is 3.15. The summed E-state index contributed by atoms with van der Waals surface area (Å²) in [5.41, 5.74) is -1.87. The molecule has 1 aromatic rings. The Morgan fingerprint density at radius 2 is 1.84 bits per heavy atom. The second-order valence-corrected chi connectivity index (χ2v) is 10.5. The Kier molecular flexibility index (Phi) is 6.40. The Morgan fingerprint density at radius 1 is 1.11 bits per heavy atom. The number of methoxy groups -OCH3 is 1. The summed E-state index contributed by atoms with van der Waals surface area (Å²) in [6.45, 7) is 5.74. The molecule has 2 fully saturated rings. The van der Waals surface area contributed by atoms with Crippen molar-refractivity contribution in [2.45, 2.75) is 50.5 Å². The smallest absolute Gasteiger partial charge is 0.313 e. The Bertz CT molecular complexity index is 1150. The standard InChI is InChI=1S/C28H34N2O7/c1-5-17(2)20(16-31)30-23-25(33)29(18-8-10-19(35-4)11-9-18)14-6-13-28(23)21(24(30)32)22-26(34)36-15-7-12-27(22,3)37-28/h6-13,17,20-23,31H,5,14-16H2,1-4H3/t17-,20-,21-,22-,23?,27+,28-/m0/s1. The second kappa shape index (κ2) is 9.29. The minimum Gasteiger partial charge on any atom is -0.497 e. The van der Waals surface area contributed by atoms with Gasteiger partial charge in [-0.15, -0.1) is 0 Å². The average molecular weight is 511 g/mol. The van der Waals surface area contributed by atoms with Crippen LogP contribution in [-0.4, -0.2) is 77.9 Å². The van der Waals surface area contributed by atoms with E-state index < -0.39 is 41.1 Å². The van der Waals surface area contributed by atoms with E-state index >= 15 is 0 Å². The van der Waals surface area contributed by atoms with Crippen LogP contribution in [0.5, 0.6) is 5.75 Å². The third-order valence-corrected chi connectivity index (χ3v) is 8.48. The SMILES string of the molecule is CC[C@H](C)[C@H](CO)N1C(=O)[C@@H]2[C@H]3C(=O)OCC=C[C@@]3(C)O[C@@]23C=CCN(c2ccc(OC)cc2)C(=O)C13. The number of carbonyl (C=O) groups excluding carboxylic acids is 3. The number of hydrogen-bond donors (Lipinski definition) is 1. The highest BCUT2D eigenvalue weighted by Crippen LogP contribution is 2.58. The summed E-state index contributed by atoms with van der Waals surface area (Å²) in [6, 6.07) is 5.44. The zero-order chi connectivity index (χ0) is 26.5. The fraction of sp³-hybridized carbons (Fsp3) is 0.536. The first-order valence-corrected chi connectivity index (χ1v) is 12.8. The molecule has 5 rings (SSSR count). The summed E-state index contributed by atoms with van der Waals surface area (Å²) < 4.78 is 17.4. The van der Waals surface area contributed by atoms with Gasteiger partial charge in [-0.05, 0) is 43.2 Å². The summed E-state index contributed by atoms with van der Waals surface area (Å²) in [6.07, 6.45) is 7.79. The molecule has 1 aromatic carbocycles. The van der Waals surface area contributed by atoms with Crippen molar-refractivity contribution in [3.63, 3.8) is 0 Å². The van der Waals surface area contributed by atoms with E-state index in [0.717, 1.165) is 0 Å². The van der Waals surface area contributed by atoms with E-state index in [1.165, 1.54) is 4.90 Å². The lowest BCUT2D eigenvalue weighted by Crippen LogP contribution is -2.60. The van der Waals surface area contributed by atoms with Crippen LogP contribution in [0.25, 0.3) is 0 Å². The third-order valence-electron chi connectivity index (χ3n) is 8.48. The fourth-order valence-corrected chi connectivity index (χ4v) is 6.46. The highest BCUT2D eigenvalue weighted by Gasteiger charge is 2.75. The predicted octanol–water partition coefficient (Wildman–Crippen LogP) is 2.09. The minimum atomic E-state index is -1.39. The number of rotatable bonds is 6. The maximum Gasteiger partial charge on any atom is 0.313 e. The van der Waals surface area contributed by atoms with Crippen LogP contribution in [-0.2, 0) is 23.9 Å². The Hall–Kier alpha value is -3.17. The lowest BCUT2D eigenvalue weighted by molar-refractivity contribution is -0.158. The fourth-order valence-electron chi connectivity index (χ4n) is 6.46. The normalized spacial score (nSPS) is 34.3. The van der Waals surface area contributed by atoms with Crippen LogP contribution in [0.15, 0.2) is 48.6 Å². The number of fused-ring (bicyclic) bond motifs is 2. The van der Waals surface area contributed by atoms with E-state index in [9.17, 15) is 19.5 Å². The van der Waals surface area contributed by atoms with Crippen molar-refractivity contribution >= 4 is 23.5 Å². The van der Waals surface area contributed by atoms with Crippen LogP contribution in [0.3, 0.4) is 0 Å². The molecule has 2 saturated heterocycles. The van der Waals surface area contributed by atoms with Crippen LogP contribution in [0.2, 0.25) is 0 Å². The third kappa shape index (κ3) is 3.70. The number of aliphatic hydroxyl groups excluding tert-OH is 1. The quantitative estimate of drug-likeness (QED) is 0.462. The van der Waals surface area contributed by atoms with Gasteiger partial charge in [-0.25, -0.2) is 0 Å². The molecule has 198 valence electrons. The molecule has 0 aromatic heterocycles. The van der Waals surface area contributed by atoms with Crippen LogP contribution in [0.4, 0.5) is 5.69 Å². The minimum absolute atomic E-state index is 0.0911. The maximum absolute atomic E-state index is 14.4. The summed E-state index contributed by atoms with van der Waals surface area (Å²) >= 11 is 0. The van der Waals surface area contributed by atoms with E-state index in [-0.39, 0.29) is 37.5 Å². The molecular weight excluding hydrogens is 476 g/mol. The lowest BCUT2D eigenvalue weighted by atomic mass is 9.75. The van der Waals surface area contributed by atoms with E-state index in [1.54, 1.807) is 61.4 Å². The number of ether oxygens (including phenoxy) is 3. The second-order valence-electron chi connectivity index (χ2n) is 10.5. The van der Waals surface area contributed by atoms with Crippen LogP contribution in [0.1, 0.15) is 27.2 Å². The van der Waals surface area contributed by atoms with Crippen LogP contribution >= 0.6 is 0 Å². The summed E-state index contributed by atoms with van der Waals surface area (Å²) in [7, 11) is 1.57. The van der Waals surface area contributed by atoms with Gasteiger partial charge < -0.3 is 29.1 Å². The first-order chi connectivity index (χ1) is 17.7. The van der Waals surface area contributed by atoms with Gasteiger partial charge in [-0.3, -0.25) is 14.4 Å². The van der Waals surface area contributed by atoms with Gasteiger partial charge in [-0.2, -0.15) is 0 Å². The number of likely N-dealkylation sites (tertiary alicyclic amines) is 1. The van der Waals surface area contributed by atoms with Gasteiger partial charge in [0, 0.05) is 12.2 Å². The van der Waals surface area contributed by atoms with E-state index in [1.807, 2.05) is 19.9 Å². The molecule has 1 N–H and O–H groups in total. The Balaban J connectivity index is 1.67. The van der Waals surface area contributed by atoms with Crippen molar-refractivity contribution in [1.29, 1.82) is 0 Å². The molecular formula is C28H34N2O7. The summed E-state index contributed by atoms with van der Waals surface area (Å²) in [5.74, 6) is -2.55. The number of carbonyl (C=O) groups is 3. The molecule has 0 saturated carbocycles. The number of anilines is 1. The lowest BCUT2D eigenvalue weighted by Gasteiger charge is -2.41. The molecule has 37 heavy (non-hydrogen) atoms. The molecule has 2 amide bonds. The number of amides is 2. The molecule has 4 aliphatic rings. The van der Waals surface area contributed by atoms with Gasteiger partial charge in [0.2, 0.25) is 5.91 Å². The van der Waals surface area contributed by atoms with E-state index in [2.05, 4.69) is 0 Å². The molecule has 0 bridgehead atoms. The van der Waals surface area contributed by atoms with Crippen molar-refractivity contribution in [3.05, 3.63) is 48.6 Å². The molecule has 0 radical (unpaired) electrons. The molecule has 9 heteroatoms. The van der Waals surface area contributed by atoms with Crippen molar-refractivity contribution in [1.82, 2.24) is 4.90 Å². The molecule has 1 spiro atoms. The molecule has 4 heterocycles. The van der Waals surface area contributed by atoms with Gasteiger partial charge in [-0.1, -0.05) is 38.5 Å². The zero-order valence-corrected chi connectivity index (χ0v) is 21.6. The largest absolute Gasteiger partial charge is 0.497 e. The predicted molar refractivity (Wildman–Crippen MR) is 135 cm³/mol. The van der Waals surface area contributed by atoms with E-state index in [0.29, 0.717) is 17.9 Å². The Labute approximate surface area is 216 Å². The van der Waals surface area contributed by atoms with Gasteiger partial charge >= 0.3 is 5.97 Å². The number of hydrogen-bond acceptors (Lipinski definition) is 7. The van der Waals surface area contributed by atoms with E-state index in [4.69, 9.17) is 14.2 Å². The zero-order valence-electron chi connectivity index (χ0n) is 21.6. The van der Waals surface area contributed by atoms with Crippen LogP contribution < -0.4 is 9.64 Å². The van der Waals surface area contributed by atoms with Crippen molar-refractivity contribution in [2.75, 3.05) is 31.8 Å². The van der Waals surface area contributed by atoms with Gasteiger partial charge in [0.25, 0.3) is 5.91 Å². The molecule has 9 nitrogen and oxygen atoms in total. The summed E-state index contributed by atoms with van der Waals surface area (Å²) in [5, 5.41) is 10.4. The van der Waals surface area contributed by atoms with Crippen molar-refractivity contribution < 1.29 is 33.7 Å². The highest BCUT2D eigenvalue weighted by molar-refractivity contribution is 6.05. The first kappa shape index (κ1) is 25.5. The van der Waals surface area contributed by atoms with Gasteiger partial charge in [0.15, 0.2) is 0 Å². The first-order valence-electron chi connectivity index (χ1n) is 12.8. The number of cyclic esters (lactones) is 1. The highest BCUT2D eigenvalue weighted by atomic mass is 16.6. The number of nitrogens with zero attached hydrogens (tertiary/aromatic N) is 2. The summed E-state index contributed by atoms with van der Waals surface area (Å²) in [4.78, 5) is 45.0. The molecule has 4 aliphatic heterocycles. The van der Waals surface area contributed by atoms with Gasteiger partial charge in [0.05, 0.1) is 31.3 Å². The Morgan fingerprint density at radius 3 is 2.49 bits per heavy atom.